The van der Waals surface area contributed by atoms with Gasteiger partial charge in [0.25, 0.3) is 0 Å². The SMILES string of the molecule is NC(=O)CC[C@@H](NC(=O)Nc1c(F)cccc1Cl)C(=O)O. The van der Waals surface area contributed by atoms with Crippen LogP contribution in [0.2, 0.25) is 5.02 Å². The van der Waals surface area contributed by atoms with Gasteiger partial charge >= 0.3 is 12.0 Å². The van der Waals surface area contributed by atoms with Crippen LogP contribution in [0.5, 0.6) is 0 Å². The molecule has 21 heavy (non-hydrogen) atoms. The van der Waals surface area contributed by atoms with Crippen molar-refractivity contribution in [2.24, 2.45) is 5.73 Å². The number of nitrogens with one attached hydrogen (secondary N) is 2. The van der Waals surface area contributed by atoms with Crippen LogP contribution in [-0.2, 0) is 9.59 Å². The molecule has 0 unspecified atom stereocenters. The summed E-state index contributed by atoms with van der Waals surface area (Å²) >= 11 is 5.72. The molecule has 0 aliphatic rings. The van der Waals surface area contributed by atoms with Gasteiger partial charge in [-0.05, 0) is 18.6 Å². The Morgan fingerprint density at radius 2 is 2.05 bits per heavy atom. The van der Waals surface area contributed by atoms with E-state index in [0.29, 0.717) is 0 Å². The highest BCUT2D eigenvalue weighted by Crippen LogP contribution is 2.24. The number of para-hydroxylation sites is 1. The number of hydrogen-bond donors (Lipinski definition) is 4. The summed E-state index contributed by atoms with van der Waals surface area (Å²) in [6, 6.07) is 1.51. The maximum absolute atomic E-state index is 13.5. The number of carbonyl (C=O) groups is 3. The summed E-state index contributed by atoms with van der Waals surface area (Å²) in [4.78, 5) is 33.2. The average Bonchev–Trinajstić information content (AvgIpc) is 2.38. The molecular formula is C12H13ClFN3O4. The normalized spacial score (nSPS) is 11.5. The van der Waals surface area contributed by atoms with Gasteiger partial charge in [-0.15, -0.1) is 0 Å². The highest BCUT2D eigenvalue weighted by atomic mass is 35.5. The molecule has 0 saturated carbocycles. The molecule has 1 atom stereocenters. The van der Waals surface area contributed by atoms with E-state index in [0.717, 1.165) is 6.07 Å². The molecule has 0 aromatic heterocycles. The molecule has 1 rings (SSSR count). The van der Waals surface area contributed by atoms with E-state index in [2.05, 4.69) is 10.6 Å². The number of benzene rings is 1. The largest absolute Gasteiger partial charge is 0.480 e. The summed E-state index contributed by atoms with van der Waals surface area (Å²) in [5.74, 6) is -2.80. The van der Waals surface area contributed by atoms with Crippen LogP contribution in [0.15, 0.2) is 18.2 Å². The van der Waals surface area contributed by atoms with E-state index in [4.69, 9.17) is 22.4 Å². The molecule has 0 bridgehead atoms. The van der Waals surface area contributed by atoms with Gasteiger partial charge in [0.2, 0.25) is 5.91 Å². The van der Waals surface area contributed by atoms with Gasteiger partial charge in [-0.25, -0.2) is 14.0 Å². The minimum absolute atomic E-state index is 0.0332. The molecule has 7 nitrogen and oxygen atoms in total. The number of carbonyl (C=O) groups excluding carboxylic acids is 2. The molecule has 5 N–H and O–H groups in total. The lowest BCUT2D eigenvalue weighted by Gasteiger charge is -2.15. The topological polar surface area (TPSA) is 122 Å². The standard InChI is InChI=1S/C12H13ClFN3O4/c13-6-2-1-3-7(14)10(6)17-12(21)16-8(11(19)20)4-5-9(15)18/h1-3,8H,4-5H2,(H2,15,18)(H,19,20)(H2,16,17,21)/t8-/m1/s1. The van der Waals surface area contributed by atoms with Gasteiger partial charge in [-0.2, -0.15) is 0 Å². The van der Waals surface area contributed by atoms with Crippen LogP contribution < -0.4 is 16.4 Å². The summed E-state index contributed by atoms with van der Waals surface area (Å²) in [7, 11) is 0. The number of rotatable bonds is 6. The Hall–Kier alpha value is -2.35. The lowest BCUT2D eigenvalue weighted by molar-refractivity contribution is -0.139. The Balaban J connectivity index is 2.70. The number of aliphatic carboxylic acids is 1. The van der Waals surface area contributed by atoms with E-state index in [1.165, 1.54) is 12.1 Å². The summed E-state index contributed by atoms with van der Waals surface area (Å²) < 4.78 is 13.5. The number of nitrogens with two attached hydrogens (primary N) is 1. The summed E-state index contributed by atoms with van der Waals surface area (Å²) in [5, 5.41) is 13.1. The number of urea groups is 1. The minimum Gasteiger partial charge on any atom is -0.480 e. The van der Waals surface area contributed by atoms with Crippen molar-refractivity contribution in [1.82, 2.24) is 5.32 Å². The molecule has 0 aliphatic heterocycles. The zero-order valence-electron chi connectivity index (χ0n) is 10.7. The van der Waals surface area contributed by atoms with Crippen LogP contribution in [0.1, 0.15) is 12.8 Å². The summed E-state index contributed by atoms with van der Waals surface area (Å²) in [5.41, 5.74) is 4.64. The van der Waals surface area contributed by atoms with Crippen molar-refractivity contribution in [3.63, 3.8) is 0 Å². The van der Waals surface area contributed by atoms with E-state index in [9.17, 15) is 18.8 Å². The van der Waals surface area contributed by atoms with Gasteiger partial charge in [0.1, 0.15) is 11.9 Å². The number of halogens is 2. The van der Waals surface area contributed by atoms with E-state index >= 15 is 0 Å². The predicted octanol–water partition coefficient (Wildman–Crippen LogP) is 1.32. The number of carboxylic acid groups (broad SMARTS) is 1. The van der Waals surface area contributed by atoms with Gasteiger partial charge in [0.15, 0.2) is 0 Å². The quantitative estimate of drug-likeness (QED) is 0.632. The third-order valence-corrected chi connectivity index (χ3v) is 2.80. The van der Waals surface area contributed by atoms with Crippen molar-refractivity contribution in [3.05, 3.63) is 29.0 Å². The zero-order chi connectivity index (χ0) is 16.0. The van der Waals surface area contributed by atoms with Crippen molar-refractivity contribution in [2.75, 3.05) is 5.32 Å². The molecular weight excluding hydrogens is 305 g/mol. The third kappa shape index (κ3) is 5.27. The molecule has 0 radical (unpaired) electrons. The highest BCUT2D eigenvalue weighted by molar-refractivity contribution is 6.33. The maximum atomic E-state index is 13.5. The first kappa shape index (κ1) is 16.7. The van der Waals surface area contributed by atoms with Crippen LogP contribution in [-0.4, -0.2) is 29.1 Å². The van der Waals surface area contributed by atoms with E-state index in [1.807, 2.05) is 0 Å². The second-order valence-corrected chi connectivity index (χ2v) is 4.50. The second-order valence-electron chi connectivity index (χ2n) is 4.09. The first-order chi connectivity index (χ1) is 9.81. The zero-order valence-corrected chi connectivity index (χ0v) is 11.5. The molecule has 0 saturated heterocycles. The molecule has 1 aromatic rings. The van der Waals surface area contributed by atoms with E-state index in [1.54, 1.807) is 0 Å². The van der Waals surface area contributed by atoms with Crippen molar-refractivity contribution >= 4 is 35.2 Å². The number of anilines is 1. The molecule has 9 heteroatoms. The molecule has 0 spiro atoms. The van der Waals surface area contributed by atoms with Gasteiger partial charge < -0.3 is 21.5 Å². The smallest absolute Gasteiger partial charge is 0.326 e. The van der Waals surface area contributed by atoms with E-state index < -0.39 is 29.8 Å². The first-order valence-electron chi connectivity index (χ1n) is 5.84. The molecule has 0 heterocycles. The molecule has 0 fully saturated rings. The second kappa shape index (κ2) is 7.44. The number of hydrogen-bond acceptors (Lipinski definition) is 3. The van der Waals surface area contributed by atoms with Crippen molar-refractivity contribution in [1.29, 1.82) is 0 Å². The Bertz CT molecular complexity index is 547. The minimum atomic E-state index is -1.34. The fourth-order valence-corrected chi connectivity index (χ4v) is 1.68. The molecule has 3 amide bonds. The Morgan fingerprint density at radius 1 is 1.38 bits per heavy atom. The van der Waals surface area contributed by atoms with Gasteiger partial charge in [0, 0.05) is 6.42 Å². The summed E-state index contributed by atoms with van der Waals surface area (Å²) in [6.45, 7) is 0. The molecule has 1 aromatic carbocycles. The first-order valence-corrected chi connectivity index (χ1v) is 6.21. The van der Waals surface area contributed by atoms with Gasteiger partial charge in [-0.1, -0.05) is 17.7 Å². The van der Waals surface area contributed by atoms with Crippen molar-refractivity contribution in [2.45, 2.75) is 18.9 Å². The van der Waals surface area contributed by atoms with Crippen molar-refractivity contribution < 1.29 is 23.9 Å². The molecule has 114 valence electrons. The highest BCUT2D eigenvalue weighted by Gasteiger charge is 2.21. The van der Waals surface area contributed by atoms with Crippen molar-refractivity contribution in [3.8, 4) is 0 Å². The number of primary amides is 1. The lowest BCUT2D eigenvalue weighted by atomic mass is 10.1. The average molecular weight is 318 g/mol. The van der Waals surface area contributed by atoms with E-state index in [-0.39, 0.29) is 23.6 Å². The van der Waals surface area contributed by atoms with Gasteiger partial charge in [0.05, 0.1) is 10.7 Å². The molecule has 0 aliphatic carbocycles. The van der Waals surface area contributed by atoms with Crippen LogP contribution in [0.25, 0.3) is 0 Å². The maximum Gasteiger partial charge on any atom is 0.326 e. The Morgan fingerprint density at radius 3 is 2.57 bits per heavy atom. The monoisotopic (exact) mass is 317 g/mol. The van der Waals surface area contributed by atoms with Crippen LogP contribution in [0.4, 0.5) is 14.9 Å². The number of carboxylic acids is 1. The fourth-order valence-electron chi connectivity index (χ4n) is 1.47. The Kier molecular flexibility index (Phi) is 5.92. The lowest BCUT2D eigenvalue weighted by Crippen LogP contribution is -2.43. The summed E-state index contributed by atoms with van der Waals surface area (Å²) in [6.07, 6.45) is -0.388. The fraction of sp³-hybridized carbons (Fsp3) is 0.250. The Labute approximate surface area is 124 Å². The van der Waals surface area contributed by atoms with Gasteiger partial charge in [-0.3, -0.25) is 4.79 Å². The third-order valence-electron chi connectivity index (χ3n) is 2.48. The van der Waals surface area contributed by atoms with Crippen LogP contribution in [0, 0.1) is 5.82 Å². The van der Waals surface area contributed by atoms with Crippen LogP contribution in [0.3, 0.4) is 0 Å². The number of amides is 3. The van der Waals surface area contributed by atoms with Crippen LogP contribution >= 0.6 is 11.6 Å². The predicted molar refractivity (Wildman–Crippen MR) is 73.4 cm³/mol.